The van der Waals surface area contributed by atoms with Gasteiger partial charge >= 0.3 is 0 Å². The van der Waals surface area contributed by atoms with Crippen molar-refractivity contribution in [2.75, 3.05) is 6.54 Å². The Hall–Kier alpha value is -4.62. The molecule has 1 amide bonds. The first-order chi connectivity index (χ1) is 19.3. The van der Waals surface area contributed by atoms with E-state index in [2.05, 4.69) is 29.3 Å². The average Bonchev–Trinajstić information content (AvgIpc) is 3.51. The second-order valence-electron chi connectivity index (χ2n) is 9.86. The molecule has 0 unspecified atom stereocenters. The molecule has 40 heavy (non-hydrogen) atoms. The van der Waals surface area contributed by atoms with Crippen molar-refractivity contribution in [2.45, 2.75) is 47.1 Å². The lowest BCUT2D eigenvalue weighted by Gasteiger charge is -2.21. The van der Waals surface area contributed by atoms with Crippen molar-refractivity contribution < 1.29 is 4.79 Å². The number of nitriles is 1. The summed E-state index contributed by atoms with van der Waals surface area (Å²) in [6.07, 6.45) is 3.60. The Balaban J connectivity index is 1.51. The lowest BCUT2D eigenvalue weighted by Crippen LogP contribution is -2.33. The van der Waals surface area contributed by atoms with Gasteiger partial charge in [0, 0.05) is 42.3 Å². The lowest BCUT2D eigenvalue weighted by molar-refractivity contribution is -0.131. The van der Waals surface area contributed by atoms with Crippen LogP contribution in [0.2, 0.25) is 0 Å². The molecule has 0 N–H and O–H groups in total. The quantitative estimate of drug-likeness (QED) is 0.276. The standard InChI is InChI=1S/C30H29N7O2S/c1-19-8-9-20(2)26(13-19)37-21(3)14-25(34-37)28-22(4)33-30-36(29(28)39)24(18-40-30)15-27(38)35(12-6-10-31)17-23-7-5-11-32-16-23/h5,7-9,11,13-14,16,18H,6,12,15,17H2,1-4H3. The van der Waals surface area contributed by atoms with Gasteiger partial charge in [0.25, 0.3) is 5.56 Å². The predicted molar refractivity (Wildman–Crippen MR) is 154 cm³/mol. The van der Waals surface area contributed by atoms with Crippen LogP contribution >= 0.6 is 11.3 Å². The Morgan fingerprint density at radius 2 is 1.98 bits per heavy atom. The maximum Gasteiger partial charge on any atom is 0.268 e. The third kappa shape index (κ3) is 5.28. The molecule has 0 radical (unpaired) electrons. The van der Waals surface area contributed by atoms with Crippen molar-refractivity contribution in [1.82, 2.24) is 29.0 Å². The van der Waals surface area contributed by atoms with Crippen molar-refractivity contribution in [3.8, 4) is 23.0 Å². The van der Waals surface area contributed by atoms with Gasteiger partial charge in [-0.05, 0) is 62.6 Å². The summed E-state index contributed by atoms with van der Waals surface area (Å²) in [5.41, 5.74) is 6.77. The minimum absolute atomic E-state index is 0.00569. The Bertz CT molecular complexity index is 1810. The molecule has 5 aromatic rings. The van der Waals surface area contributed by atoms with Crippen LogP contribution < -0.4 is 5.56 Å². The zero-order valence-electron chi connectivity index (χ0n) is 22.9. The highest BCUT2D eigenvalue weighted by molar-refractivity contribution is 7.15. The van der Waals surface area contributed by atoms with Gasteiger partial charge in [-0.15, -0.1) is 11.3 Å². The van der Waals surface area contributed by atoms with E-state index in [1.165, 1.54) is 15.7 Å². The van der Waals surface area contributed by atoms with Gasteiger partial charge in [-0.25, -0.2) is 9.67 Å². The number of amides is 1. The van der Waals surface area contributed by atoms with E-state index in [0.29, 0.717) is 40.7 Å². The molecular formula is C30H29N7O2S. The fourth-order valence-electron chi connectivity index (χ4n) is 4.77. The molecule has 0 atom stereocenters. The predicted octanol–water partition coefficient (Wildman–Crippen LogP) is 4.72. The first-order valence-corrected chi connectivity index (χ1v) is 13.8. The Kier molecular flexibility index (Phi) is 7.58. The fourth-order valence-corrected chi connectivity index (χ4v) is 5.69. The first-order valence-electron chi connectivity index (χ1n) is 12.9. The average molecular weight is 552 g/mol. The van der Waals surface area contributed by atoms with Gasteiger partial charge in [-0.2, -0.15) is 10.4 Å². The maximum atomic E-state index is 13.9. The van der Waals surface area contributed by atoms with Crippen molar-refractivity contribution in [3.05, 3.63) is 98.3 Å². The third-order valence-electron chi connectivity index (χ3n) is 6.83. The zero-order valence-corrected chi connectivity index (χ0v) is 23.7. The number of thiazole rings is 1. The molecule has 0 saturated heterocycles. The minimum Gasteiger partial charge on any atom is -0.337 e. The number of benzene rings is 1. The molecular weight excluding hydrogens is 522 g/mol. The second kappa shape index (κ2) is 11.2. The molecule has 0 bridgehead atoms. The Morgan fingerprint density at radius 3 is 2.73 bits per heavy atom. The van der Waals surface area contributed by atoms with Crippen LogP contribution in [-0.4, -0.2) is 41.5 Å². The summed E-state index contributed by atoms with van der Waals surface area (Å²) in [5, 5.41) is 15.7. The monoisotopic (exact) mass is 551 g/mol. The van der Waals surface area contributed by atoms with E-state index < -0.39 is 0 Å². The van der Waals surface area contributed by atoms with E-state index in [9.17, 15) is 9.59 Å². The summed E-state index contributed by atoms with van der Waals surface area (Å²) >= 11 is 1.32. The topological polar surface area (TPSA) is 109 Å². The number of aromatic nitrogens is 5. The van der Waals surface area contributed by atoms with Gasteiger partial charge in [0.15, 0.2) is 4.96 Å². The molecule has 202 valence electrons. The van der Waals surface area contributed by atoms with Crippen LogP contribution in [0.4, 0.5) is 0 Å². The van der Waals surface area contributed by atoms with Gasteiger partial charge in [-0.3, -0.25) is 19.0 Å². The van der Waals surface area contributed by atoms with Gasteiger partial charge in [0.05, 0.1) is 35.9 Å². The molecule has 1 aromatic carbocycles. The highest BCUT2D eigenvalue weighted by Gasteiger charge is 2.22. The number of fused-ring (bicyclic) bond motifs is 1. The van der Waals surface area contributed by atoms with Crippen LogP contribution in [0.15, 0.2) is 59.0 Å². The molecule has 0 spiro atoms. The summed E-state index contributed by atoms with van der Waals surface area (Å²) < 4.78 is 3.37. The highest BCUT2D eigenvalue weighted by Crippen LogP contribution is 2.25. The van der Waals surface area contributed by atoms with Crippen molar-refractivity contribution in [1.29, 1.82) is 5.26 Å². The van der Waals surface area contributed by atoms with E-state index in [4.69, 9.17) is 15.3 Å². The minimum atomic E-state index is -0.256. The van der Waals surface area contributed by atoms with Crippen LogP contribution in [0.25, 0.3) is 21.9 Å². The normalized spacial score (nSPS) is 11.1. The van der Waals surface area contributed by atoms with Crippen molar-refractivity contribution in [2.24, 2.45) is 0 Å². The smallest absolute Gasteiger partial charge is 0.268 e. The van der Waals surface area contributed by atoms with Crippen molar-refractivity contribution >= 4 is 22.2 Å². The number of aryl methyl sites for hydroxylation is 4. The molecule has 0 aliphatic carbocycles. The summed E-state index contributed by atoms with van der Waals surface area (Å²) in [4.78, 5) is 38.3. The highest BCUT2D eigenvalue weighted by atomic mass is 32.1. The van der Waals surface area contributed by atoms with E-state index in [0.717, 1.165) is 28.1 Å². The van der Waals surface area contributed by atoms with Crippen LogP contribution in [-0.2, 0) is 17.8 Å². The largest absolute Gasteiger partial charge is 0.337 e. The van der Waals surface area contributed by atoms with E-state index in [1.54, 1.807) is 22.7 Å². The third-order valence-corrected chi connectivity index (χ3v) is 7.71. The summed E-state index contributed by atoms with van der Waals surface area (Å²) in [5.74, 6) is -0.178. The van der Waals surface area contributed by atoms with Gasteiger partial charge in [0.1, 0.15) is 5.69 Å². The number of hydrogen-bond acceptors (Lipinski definition) is 7. The van der Waals surface area contributed by atoms with Gasteiger partial charge < -0.3 is 4.90 Å². The molecule has 0 saturated carbocycles. The maximum absolute atomic E-state index is 13.9. The molecule has 5 rings (SSSR count). The number of carbonyl (C=O) groups excluding carboxylic acids is 1. The number of pyridine rings is 1. The Morgan fingerprint density at radius 1 is 1.15 bits per heavy atom. The lowest BCUT2D eigenvalue weighted by atomic mass is 10.1. The number of hydrogen-bond donors (Lipinski definition) is 0. The molecule has 9 nitrogen and oxygen atoms in total. The number of carbonyl (C=O) groups is 1. The van der Waals surface area contributed by atoms with Gasteiger partial charge in [0.2, 0.25) is 5.91 Å². The van der Waals surface area contributed by atoms with E-state index in [1.807, 2.05) is 50.6 Å². The van der Waals surface area contributed by atoms with Crippen LogP contribution in [0.1, 0.15) is 40.2 Å². The van der Waals surface area contributed by atoms with E-state index in [-0.39, 0.29) is 24.3 Å². The molecule has 0 aliphatic heterocycles. The first kappa shape index (κ1) is 27.0. The summed E-state index contributed by atoms with van der Waals surface area (Å²) in [7, 11) is 0. The summed E-state index contributed by atoms with van der Waals surface area (Å²) in [6, 6.07) is 13.9. The second-order valence-corrected chi connectivity index (χ2v) is 10.7. The van der Waals surface area contributed by atoms with Crippen molar-refractivity contribution in [3.63, 3.8) is 0 Å². The number of nitrogens with zero attached hydrogens (tertiary/aromatic N) is 7. The molecule has 0 aliphatic rings. The molecule has 4 heterocycles. The molecule has 10 heteroatoms. The van der Waals surface area contributed by atoms with Crippen LogP contribution in [0, 0.1) is 39.0 Å². The fraction of sp³-hybridized carbons (Fsp3) is 0.267. The molecule has 0 fully saturated rings. The van der Waals surface area contributed by atoms with Crippen LogP contribution in [0.3, 0.4) is 0 Å². The number of rotatable bonds is 8. The van der Waals surface area contributed by atoms with Gasteiger partial charge in [-0.1, -0.05) is 18.2 Å². The zero-order chi connectivity index (χ0) is 28.4. The van der Waals surface area contributed by atoms with E-state index >= 15 is 0 Å². The Labute approximate surface area is 236 Å². The van der Waals surface area contributed by atoms with Crippen LogP contribution in [0.5, 0.6) is 0 Å². The SMILES string of the molecule is Cc1ccc(C)c(-n2nc(-c3c(C)nc4scc(CC(=O)N(CCC#N)Cc5cccnc5)n4c3=O)cc2C)c1. The molecule has 4 aromatic heterocycles. The summed E-state index contributed by atoms with van der Waals surface area (Å²) in [6.45, 7) is 8.47.